The number of carbonyl (C=O) groups is 1. The number of halogens is 5. The van der Waals surface area contributed by atoms with Gasteiger partial charge in [0.2, 0.25) is 5.91 Å². The Morgan fingerprint density at radius 2 is 2.00 bits per heavy atom. The van der Waals surface area contributed by atoms with E-state index in [4.69, 9.17) is 23.2 Å². The lowest BCUT2D eigenvalue weighted by Crippen LogP contribution is -2.44. The molecule has 4 rings (SSSR count). The molecule has 0 aromatic carbocycles. The summed E-state index contributed by atoms with van der Waals surface area (Å²) in [4.78, 5) is 14.5. The largest absolute Gasteiger partial charge is 0.417 e. The number of alkyl halides is 5. The third-order valence-electron chi connectivity index (χ3n) is 5.56. The fourth-order valence-electron chi connectivity index (χ4n) is 3.71. The van der Waals surface area contributed by atoms with Crippen molar-refractivity contribution in [2.75, 3.05) is 13.1 Å². The van der Waals surface area contributed by atoms with E-state index in [1.54, 1.807) is 11.8 Å². The molecule has 0 spiro atoms. The Balaban J connectivity index is 1.61. The molecule has 0 radical (unpaired) electrons. The summed E-state index contributed by atoms with van der Waals surface area (Å²) in [5.41, 5.74) is -1.23. The first-order valence-corrected chi connectivity index (χ1v) is 9.38. The number of aromatic nitrogens is 3. The van der Waals surface area contributed by atoms with Gasteiger partial charge in [-0.05, 0) is 38.3 Å². The minimum atomic E-state index is -4.45. The van der Waals surface area contributed by atoms with Crippen molar-refractivity contribution >= 4 is 34.8 Å². The van der Waals surface area contributed by atoms with Crippen molar-refractivity contribution < 1.29 is 18.0 Å². The molecule has 2 aromatic rings. The maximum absolute atomic E-state index is 13.0. The van der Waals surface area contributed by atoms with E-state index in [1.165, 1.54) is 10.5 Å². The SMILES string of the molecule is CC1(C(=O)N2CCCC(c3nnc4ccc(C(F)(F)F)cn34)C2)CC1(Cl)Cl. The van der Waals surface area contributed by atoms with Gasteiger partial charge in [0, 0.05) is 25.2 Å². The molecule has 10 heteroatoms. The highest BCUT2D eigenvalue weighted by atomic mass is 35.5. The van der Waals surface area contributed by atoms with Gasteiger partial charge in [0.1, 0.15) is 10.2 Å². The zero-order valence-electron chi connectivity index (χ0n) is 14.4. The molecule has 27 heavy (non-hydrogen) atoms. The molecular formula is C17H17Cl2F3N4O. The first-order chi connectivity index (χ1) is 12.5. The van der Waals surface area contributed by atoms with Crippen LogP contribution in [0, 0.1) is 5.41 Å². The molecule has 2 fully saturated rings. The molecule has 2 atom stereocenters. The minimum Gasteiger partial charge on any atom is -0.341 e. The van der Waals surface area contributed by atoms with Gasteiger partial charge >= 0.3 is 6.18 Å². The van der Waals surface area contributed by atoms with E-state index in [2.05, 4.69) is 10.2 Å². The Morgan fingerprint density at radius 1 is 1.30 bits per heavy atom. The number of pyridine rings is 1. The van der Waals surface area contributed by atoms with Crippen LogP contribution in [0.4, 0.5) is 13.2 Å². The van der Waals surface area contributed by atoms with Crippen molar-refractivity contribution in [3.05, 3.63) is 29.7 Å². The summed E-state index contributed by atoms with van der Waals surface area (Å²) < 4.78 is 39.4. The van der Waals surface area contributed by atoms with E-state index >= 15 is 0 Å². The predicted molar refractivity (Wildman–Crippen MR) is 93.7 cm³/mol. The molecule has 5 nitrogen and oxygen atoms in total. The molecule has 1 aliphatic carbocycles. The normalized spacial score (nSPS) is 27.8. The summed E-state index contributed by atoms with van der Waals surface area (Å²) in [6, 6.07) is 2.28. The van der Waals surface area contributed by atoms with E-state index in [0.717, 1.165) is 18.7 Å². The van der Waals surface area contributed by atoms with Crippen LogP contribution in [0.3, 0.4) is 0 Å². The maximum atomic E-state index is 13.0. The average molecular weight is 421 g/mol. The van der Waals surface area contributed by atoms with E-state index in [9.17, 15) is 18.0 Å². The molecule has 2 aromatic heterocycles. The first-order valence-electron chi connectivity index (χ1n) is 8.62. The Bertz CT molecular complexity index is 913. The first kappa shape index (κ1) is 18.8. The second-order valence-corrected chi connectivity index (χ2v) is 8.99. The van der Waals surface area contributed by atoms with Gasteiger partial charge in [-0.25, -0.2) is 0 Å². The molecule has 146 valence electrons. The van der Waals surface area contributed by atoms with Crippen LogP contribution in [0.1, 0.15) is 43.5 Å². The van der Waals surface area contributed by atoms with E-state index in [-0.39, 0.29) is 11.8 Å². The molecule has 1 saturated heterocycles. The van der Waals surface area contributed by atoms with Gasteiger partial charge in [-0.3, -0.25) is 9.20 Å². The highest BCUT2D eigenvalue weighted by Crippen LogP contribution is 2.64. The number of fused-ring (bicyclic) bond motifs is 1. The third kappa shape index (κ3) is 3.06. The van der Waals surface area contributed by atoms with Crippen LogP contribution in [-0.4, -0.2) is 42.8 Å². The summed E-state index contributed by atoms with van der Waals surface area (Å²) in [5, 5.41) is 8.07. The molecule has 0 bridgehead atoms. The van der Waals surface area contributed by atoms with E-state index in [1.807, 2.05) is 0 Å². The molecule has 2 aliphatic rings. The molecular weight excluding hydrogens is 404 g/mol. The summed E-state index contributed by atoms with van der Waals surface area (Å²) in [5.74, 6) is 0.100. The molecule has 0 N–H and O–H groups in total. The minimum absolute atomic E-state index is 0.123. The lowest BCUT2D eigenvalue weighted by atomic mass is 9.95. The quantitative estimate of drug-likeness (QED) is 0.688. The molecule has 1 saturated carbocycles. The second-order valence-electron chi connectivity index (χ2n) is 7.51. The number of piperidine rings is 1. The zero-order chi connectivity index (χ0) is 19.6. The zero-order valence-corrected chi connectivity index (χ0v) is 15.9. The fourth-order valence-corrected chi connectivity index (χ4v) is 4.40. The Labute approximate surface area is 163 Å². The van der Waals surface area contributed by atoms with Crippen LogP contribution in [0.25, 0.3) is 5.65 Å². The topological polar surface area (TPSA) is 50.5 Å². The number of likely N-dealkylation sites (tertiary alicyclic amines) is 1. The van der Waals surface area contributed by atoms with Crippen LogP contribution >= 0.6 is 23.2 Å². The Kier molecular flexibility index (Phi) is 4.16. The predicted octanol–water partition coefficient (Wildman–Crippen LogP) is 4.04. The highest BCUT2D eigenvalue weighted by molar-refractivity contribution is 6.53. The van der Waals surface area contributed by atoms with Crippen LogP contribution in [0.5, 0.6) is 0 Å². The van der Waals surface area contributed by atoms with Crippen LogP contribution in [0.15, 0.2) is 18.3 Å². The Morgan fingerprint density at radius 3 is 2.63 bits per heavy atom. The monoisotopic (exact) mass is 420 g/mol. The van der Waals surface area contributed by atoms with Gasteiger partial charge in [-0.1, -0.05) is 0 Å². The van der Waals surface area contributed by atoms with Gasteiger partial charge in [0.05, 0.1) is 11.0 Å². The maximum Gasteiger partial charge on any atom is 0.417 e. The van der Waals surface area contributed by atoms with Crippen molar-refractivity contribution in [3.8, 4) is 0 Å². The fraction of sp³-hybridized carbons (Fsp3) is 0.588. The lowest BCUT2D eigenvalue weighted by Gasteiger charge is -2.34. The summed E-state index contributed by atoms with van der Waals surface area (Å²) >= 11 is 12.2. The second kappa shape index (κ2) is 5.98. The number of hydrogen-bond donors (Lipinski definition) is 0. The van der Waals surface area contributed by atoms with Crippen LogP contribution < -0.4 is 0 Å². The number of hydrogen-bond acceptors (Lipinski definition) is 3. The van der Waals surface area contributed by atoms with Crippen molar-refractivity contribution in [1.29, 1.82) is 0 Å². The average Bonchev–Trinajstić information content (AvgIpc) is 2.94. The number of carbonyl (C=O) groups excluding carboxylic acids is 1. The molecule has 3 heterocycles. The number of nitrogens with zero attached hydrogens (tertiary/aromatic N) is 4. The highest BCUT2D eigenvalue weighted by Gasteiger charge is 2.68. The molecule has 1 amide bonds. The van der Waals surface area contributed by atoms with Gasteiger partial charge in [-0.15, -0.1) is 33.4 Å². The molecule has 2 unspecified atom stereocenters. The lowest BCUT2D eigenvalue weighted by molar-refractivity contribution is -0.138. The van der Waals surface area contributed by atoms with Crippen molar-refractivity contribution in [1.82, 2.24) is 19.5 Å². The standard InChI is InChI=1S/C17H17Cl2F3N4O/c1-15(9-16(15,18)19)14(27)25-6-2-3-10(7-25)13-24-23-12-5-4-11(8-26(12)13)17(20,21)22/h4-5,8,10H,2-3,6-7,9H2,1H3. The number of rotatable bonds is 2. The van der Waals surface area contributed by atoms with E-state index < -0.39 is 21.5 Å². The van der Waals surface area contributed by atoms with Crippen LogP contribution in [0.2, 0.25) is 0 Å². The van der Waals surface area contributed by atoms with E-state index in [0.29, 0.717) is 37.4 Å². The van der Waals surface area contributed by atoms with Crippen molar-refractivity contribution in [3.63, 3.8) is 0 Å². The smallest absolute Gasteiger partial charge is 0.341 e. The van der Waals surface area contributed by atoms with Crippen molar-refractivity contribution in [2.24, 2.45) is 5.41 Å². The Hall–Kier alpha value is -1.54. The number of amides is 1. The summed E-state index contributed by atoms with van der Waals surface area (Å²) in [6.45, 7) is 2.66. The third-order valence-corrected chi connectivity index (χ3v) is 6.66. The summed E-state index contributed by atoms with van der Waals surface area (Å²) in [7, 11) is 0. The van der Waals surface area contributed by atoms with Gasteiger partial charge in [-0.2, -0.15) is 13.2 Å². The summed E-state index contributed by atoms with van der Waals surface area (Å²) in [6.07, 6.45) is -1.61. The molecule has 1 aliphatic heterocycles. The van der Waals surface area contributed by atoms with Crippen LogP contribution in [-0.2, 0) is 11.0 Å². The van der Waals surface area contributed by atoms with Gasteiger partial charge in [0.15, 0.2) is 5.65 Å². The van der Waals surface area contributed by atoms with Crippen molar-refractivity contribution in [2.45, 2.75) is 42.6 Å². The van der Waals surface area contributed by atoms with Gasteiger partial charge in [0.25, 0.3) is 0 Å². The van der Waals surface area contributed by atoms with Gasteiger partial charge < -0.3 is 4.90 Å².